The van der Waals surface area contributed by atoms with Crippen molar-refractivity contribution in [3.8, 4) is 0 Å². The van der Waals surface area contributed by atoms with Crippen LogP contribution in [0.1, 0.15) is 49.8 Å². The normalized spacial score (nSPS) is 23.4. The van der Waals surface area contributed by atoms with Gasteiger partial charge in [-0.15, -0.1) is 0 Å². The fourth-order valence-electron chi connectivity index (χ4n) is 3.03. The van der Waals surface area contributed by atoms with Gasteiger partial charge in [0.25, 0.3) is 0 Å². The molecule has 1 heterocycles. The van der Waals surface area contributed by atoms with Gasteiger partial charge >= 0.3 is 0 Å². The van der Waals surface area contributed by atoms with Gasteiger partial charge in [0.05, 0.1) is 11.0 Å². The minimum Gasteiger partial charge on any atom is -0.309 e. The van der Waals surface area contributed by atoms with E-state index in [1.165, 1.54) is 5.56 Å². The monoisotopic (exact) mass is 295 g/mol. The SMILES string of the molecule is CCCNC(c1ccccc1C)C1CCCCS1(=O)=O. The molecule has 0 aliphatic carbocycles. The van der Waals surface area contributed by atoms with Crippen molar-refractivity contribution in [2.24, 2.45) is 0 Å². The number of hydrogen-bond acceptors (Lipinski definition) is 3. The molecule has 112 valence electrons. The standard InChI is InChI=1S/C16H25NO2S/c1-3-11-17-16(14-9-5-4-8-13(14)2)15-10-6-7-12-20(15,18)19/h4-5,8-9,15-17H,3,6-7,10-12H2,1-2H3. The highest BCUT2D eigenvalue weighted by molar-refractivity contribution is 7.92. The molecule has 0 radical (unpaired) electrons. The Balaban J connectivity index is 2.34. The average Bonchev–Trinajstić information content (AvgIpc) is 2.42. The third kappa shape index (κ3) is 3.41. The van der Waals surface area contributed by atoms with Gasteiger partial charge in [-0.1, -0.05) is 37.6 Å². The molecule has 20 heavy (non-hydrogen) atoms. The van der Waals surface area contributed by atoms with E-state index in [0.29, 0.717) is 5.75 Å². The quantitative estimate of drug-likeness (QED) is 0.908. The molecule has 1 fully saturated rings. The summed E-state index contributed by atoms with van der Waals surface area (Å²) in [6, 6.07) is 8.06. The average molecular weight is 295 g/mol. The van der Waals surface area contributed by atoms with Gasteiger partial charge in [0, 0.05) is 6.04 Å². The molecule has 0 spiro atoms. The Hall–Kier alpha value is -0.870. The highest BCUT2D eigenvalue weighted by atomic mass is 32.2. The van der Waals surface area contributed by atoms with Crippen molar-refractivity contribution in [3.05, 3.63) is 35.4 Å². The summed E-state index contributed by atoms with van der Waals surface area (Å²) in [5.74, 6) is 0.341. The van der Waals surface area contributed by atoms with E-state index in [-0.39, 0.29) is 11.3 Å². The lowest BCUT2D eigenvalue weighted by molar-refractivity contribution is 0.445. The van der Waals surface area contributed by atoms with Gasteiger partial charge in [0.15, 0.2) is 9.84 Å². The molecule has 3 nitrogen and oxygen atoms in total. The first-order valence-corrected chi connectivity index (χ1v) is 9.28. The van der Waals surface area contributed by atoms with Crippen molar-refractivity contribution >= 4 is 9.84 Å². The van der Waals surface area contributed by atoms with Crippen LogP contribution in [0.4, 0.5) is 0 Å². The van der Waals surface area contributed by atoms with Crippen molar-refractivity contribution < 1.29 is 8.42 Å². The highest BCUT2D eigenvalue weighted by Gasteiger charge is 2.36. The number of sulfone groups is 1. The fourth-order valence-corrected chi connectivity index (χ4v) is 5.12. The number of hydrogen-bond donors (Lipinski definition) is 1. The summed E-state index contributed by atoms with van der Waals surface area (Å²) < 4.78 is 24.9. The van der Waals surface area contributed by atoms with E-state index in [1.807, 2.05) is 12.1 Å². The van der Waals surface area contributed by atoms with E-state index in [9.17, 15) is 8.42 Å². The third-order valence-electron chi connectivity index (χ3n) is 4.14. The molecular formula is C16H25NO2S. The van der Waals surface area contributed by atoms with Crippen LogP contribution in [0.2, 0.25) is 0 Å². The van der Waals surface area contributed by atoms with Crippen molar-refractivity contribution in [2.45, 2.75) is 50.8 Å². The van der Waals surface area contributed by atoms with Gasteiger partial charge in [-0.05, 0) is 43.9 Å². The maximum absolute atomic E-state index is 12.4. The Morgan fingerprint density at radius 2 is 2.05 bits per heavy atom. The van der Waals surface area contributed by atoms with Gasteiger partial charge < -0.3 is 5.32 Å². The summed E-state index contributed by atoms with van der Waals surface area (Å²) in [7, 11) is -2.98. The van der Waals surface area contributed by atoms with Crippen LogP contribution < -0.4 is 5.32 Å². The molecule has 1 aliphatic rings. The van der Waals surface area contributed by atoms with E-state index < -0.39 is 9.84 Å². The number of aryl methyl sites for hydroxylation is 1. The van der Waals surface area contributed by atoms with Crippen LogP contribution >= 0.6 is 0 Å². The highest BCUT2D eigenvalue weighted by Crippen LogP contribution is 2.32. The Bertz CT molecular complexity index is 539. The van der Waals surface area contributed by atoms with Gasteiger partial charge in [0.2, 0.25) is 0 Å². The summed E-state index contributed by atoms with van der Waals surface area (Å²) in [5, 5.41) is 3.20. The van der Waals surface area contributed by atoms with E-state index in [4.69, 9.17) is 0 Å². The summed E-state index contributed by atoms with van der Waals surface area (Å²) in [4.78, 5) is 0. The number of nitrogens with one attached hydrogen (secondary N) is 1. The lowest BCUT2D eigenvalue weighted by Gasteiger charge is -2.32. The molecule has 1 N–H and O–H groups in total. The molecule has 0 aromatic heterocycles. The second-order valence-corrected chi connectivity index (χ2v) is 8.03. The Labute approximate surface area is 122 Å². The first-order chi connectivity index (χ1) is 9.56. The second-order valence-electron chi connectivity index (χ2n) is 5.69. The first kappa shape index (κ1) is 15.5. The van der Waals surface area contributed by atoms with Crippen molar-refractivity contribution in [2.75, 3.05) is 12.3 Å². The molecule has 2 atom stereocenters. The Kier molecular flexibility index (Phi) is 5.22. The summed E-state index contributed by atoms with van der Waals surface area (Å²) in [6.07, 6.45) is 3.61. The van der Waals surface area contributed by atoms with Crippen LogP contribution in [0.15, 0.2) is 24.3 Å². The number of benzene rings is 1. The zero-order valence-corrected chi connectivity index (χ0v) is 13.2. The third-order valence-corrected chi connectivity index (χ3v) is 6.43. The molecule has 1 aromatic carbocycles. The lowest BCUT2D eigenvalue weighted by atomic mass is 9.95. The Morgan fingerprint density at radius 1 is 1.30 bits per heavy atom. The summed E-state index contributed by atoms with van der Waals surface area (Å²) in [5.41, 5.74) is 2.30. The van der Waals surface area contributed by atoms with E-state index >= 15 is 0 Å². The van der Waals surface area contributed by atoms with Crippen LogP contribution in [-0.2, 0) is 9.84 Å². The minimum atomic E-state index is -2.98. The molecule has 2 rings (SSSR count). The largest absolute Gasteiger partial charge is 0.309 e. The zero-order valence-electron chi connectivity index (χ0n) is 12.4. The van der Waals surface area contributed by atoms with E-state index in [0.717, 1.165) is 37.8 Å². The molecule has 1 aliphatic heterocycles. The second kappa shape index (κ2) is 6.72. The smallest absolute Gasteiger partial charge is 0.155 e. The van der Waals surface area contributed by atoms with Crippen LogP contribution in [0.25, 0.3) is 0 Å². The van der Waals surface area contributed by atoms with Crippen molar-refractivity contribution in [1.82, 2.24) is 5.32 Å². The Morgan fingerprint density at radius 3 is 2.70 bits per heavy atom. The molecule has 0 bridgehead atoms. The van der Waals surface area contributed by atoms with Crippen LogP contribution in [-0.4, -0.2) is 26.0 Å². The maximum atomic E-state index is 12.4. The van der Waals surface area contributed by atoms with Gasteiger partial charge in [-0.25, -0.2) is 8.42 Å². The maximum Gasteiger partial charge on any atom is 0.155 e. The topological polar surface area (TPSA) is 46.2 Å². The van der Waals surface area contributed by atoms with Crippen LogP contribution in [0.3, 0.4) is 0 Å². The van der Waals surface area contributed by atoms with Gasteiger partial charge in [-0.3, -0.25) is 0 Å². The van der Waals surface area contributed by atoms with Gasteiger partial charge in [-0.2, -0.15) is 0 Å². The van der Waals surface area contributed by atoms with Gasteiger partial charge in [0.1, 0.15) is 0 Å². The zero-order chi connectivity index (χ0) is 14.6. The first-order valence-electron chi connectivity index (χ1n) is 7.56. The van der Waals surface area contributed by atoms with Crippen LogP contribution in [0.5, 0.6) is 0 Å². The molecule has 1 aromatic rings. The molecule has 0 amide bonds. The van der Waals surface area contributed by atoms with E-state index in [1.54, 1.807) is 0 Å². The van der Waals surface area contributed by atoms with Crippen LogP contribution in [0, 0.1) is 6.92 Å². The summed E-state index contributed by atoms with van der Waals surface area (Å²) >= 11 is 0. The molecule has 0 saturated carbocycles. The molecule has 2 unspecified atom stereocenters. The van der Waals surface area contributed by atoms with Crippen molar-refractivity contribution in [3.63, 3.8) is 0 Å². The molecule has 4 heteroatoms. The predicted octanol–water partition coefficient (Wildman–Crippen LogP) is 3.00. The van der Waals surface area contributed by atoms with E-state index in [2.05, 4.69) is 31.3 Å². The molecular weight excluding hydrogens is 270 g/mol. The predicted molar refractivity (Wildman–Crippen MR) is 83.6 cm³/mol. The molecule has 1 saturated heterocycles. The lowest BCUT2D eigenvalue weighted by Crippen LogP contribution is -2.41. The number of rotatable bonds is 5. The summed E-state index contributed by atoms with van der Waals surface area (Å²) in [6.45, 7) is 5.02. The fraction of sp³-hybridized carbons (Fsp3) is 0.625. The minimum absolute atomic E-state index is 0.0681. The van der Waals surface area contributed by atoms with Crippen molar-refractivity contribution in [1.29, 1.82) is 0 Å².